The molecule has 162 valence electrons. The largest absolute Gasteiger partial charge is 0.383 e. The van der Waals surface area contributed by atoms with Crippen molar-refractivity contribution in [2.45, 2.75) is 6.54 Å². The van der Waals surface area contributed by atoms with Gasteiger partial charge in [0.25, 0.3) is 0 Å². The van der Waals surface area contributed by atoms with Gasteiger partial charge in [-0.05, 0) is 24.3 Å². The highest BCUT2D eigenvalue weighted by atomic mass is 19.2. The highest BCUT2D eigenvalue weighted by molar-refractivity contribution is 5.92. The lowest BCUT2D eigenvalue weighted by Crippen LogP contribution is -2.45. The van der Waals surface area contributed by atoms with Crippen LogP contribution in [0.5, 0.6) is 0 Å². The van der Waals surface area contributed by atoms with Crippen LogP contribution in [0.15, 0.2) is 49.2 Å². The van der Waals surface area contributed by atoms with Crippen molar-refractivity contribution in [3.05, 3.63) is 66.5 Å². The summed E-state index contributed by atoms with van der Waals surface area (Å²) in [7, 11) is 3.43. The summed E-state index contributed by atoms with van der Waals surface area (Å²) >= 11 is 0. The Balaban J connectivity index is 2.09. The van der Waals surface area contributed by atoms with Crippen LogP contribution in [0.4, 0.5) is 19.3 Å². The summed E-state index contributed by atoms with van der Waals surface area (Å²) < 4.78 is 33.5. The van der Waals surface area contributed by atoms with E-state index in [1.165, 1.54) is 17.0 Å². The number of benzene rings is 1. The van der Waals surface area contributed by atoms with Crippen LogP contribution in [0.1, 0.15) is 5.69 Å². The number of anilines is 1. The van der Waals surface area contributed by atoms with Crippen molar-refractivity contribution in [3.8, 4) is 0 Å². The summed E-state index contributed by atoms with van der Waals surface area (Å²) in [5.41, 5.74) is 1.02. The van der Waals surface area contributed by atoms with Crippen molar-refractivity contribution < 1.29 is 23.1 Å². The molecule has 0 saturated heterocycles. The maximum atomic E-state index is 13.4. The molecular formula is C21H26F2N4O3. The Morgan fingerprint density at radius 1 is 1.23 bits per heavy atom. The van der Waals surface area contributed by atoms with E-state index in [0.717, 1.165) is 17.8 Å². The molecule has 0 aliphatic carbocycles. The van der Waals surface area contributed by atoms with Crippen molar-refractivity contribution in [3.63, 3.8) is 0 Å². The van der Waals surface area contributed by atoms with E-state index in [1.54, 1.807) is 12.0 Å². The van der Waals surface area contributed by atoms with E-state index in [-0.39, 0.29) is 24.7 Å². The van der Waals surface area contributed by atoms with Crippen LogP contribution in [0.3, 0.4) is 0 Å². The van der Waals surface area contributed by atoms with E-state index in [4.69, 9.17) is 4.74 Å². The first kappa shape index (κ1) is 23.1. The Kier molecular flexibility index (Phi) is 8.54. The van der Waals surface area contributed by atoms with Crippen LogP contribution < -0.4 is 5.32 Å². The number of rotatable bonds is 10. The van der Waals surface area contributed by atoms with E-state index in [9.17, 15) is 18.4 Å². The minimum absolute atomic E-state index is 0.0838. The second-order valence-corrected chi connectivity index (χ2v) is 6.65. The third-order valence-electron chi connectivity index (χ3n) is 4.46. The van der Waals surface area contributed by atoms with E-state index in [1.807, 2.05) is 29.9 Å². The molecule has 0 unspecified atom stereocenters. The van der Waals surface area contributed by atoms with Gasteiger partial charge in [-0.1, -0.05) is 6.08 Å². The number of urea groups is 1. The second kappa shape index (κ2) is 11.1. The standard InChI is InChI=1S/C21H26F2N4O3/c1-4-9-27(21(29)24-16-7-8-18(22)19(23)13-16)15-20(28)26(11-12-30-3)14-17-6-5-10-25(17)2/h4-8,10,13H,1,9,11-12,14-15H2,2-3H3,(H,24,29). The van der Waals surface area contributed by atoms with E-state index in [0.29, 0.717) is 19.7 Å². The molecule has 9 heteroatoms. The molecule has 30 heavy (non-hydrogen) atoms. The van der Waals surface area contributed by atoms with Gasteiger partial charge in [0.05, 0.1) is 13.2 Å². The quantitative estimate of drug-likeness (QED) is 0.601. The van der Waals surface area contributed by atoms with Gasteiger partial charge in [-0.15, -0.1) is 6.58 Å². The number of nitrogens with one attached hydrogen (secondary N) is 1. The molecule has 1 aromatic heterocycles. The van der Waals surface area contributed by atoms with Crippen LogP contribution in [0.2, 0.25) is 0 Å². The molecule has 1 aromatic carbocycles. The summed E-state index contributed by atoms with van der Waals surface area (Å²) in [5, 5.41) is 2.47. The molecule has 0 spiro atoms. The molecule has 0 fully saturated rings. The van der Waals surface area contributed by atoms with Crippen molar-refractivity contribution in [2.24, 2.45) is 7.05 Å². The fraction of sp³-hybridized carbons (Fsp3) is 0.333. The molecule has 0 saturated carbocycles. The SMILES string of the molecule is C=CCN(CC(=O)N(CCOC)Cc1cccn1C)C(=O)Nc1ccc(F)c(F)c1. The molecule has 0 radical (unpaired) electrons. The van der Waals surface area contributed by atoms with Gasteiger partial charge in [-0.25, -0.2) is 13.6 Å². The molecule has 0 aliphatic heterocycles. The van der Waals surface area contributed by atoms with Crippen LogP contribution >= 0.6 is 0 Å². The van der Waals surface area contributed by atoms with Gasteiger partial charge in [0.1, 0.15) is 6.54 Å². The normalized spacial score (nSPS) is 10.5. The summed E-state index contributed by atoms with van der Waals surface area (Å²) in [6, 6.07) is 6.20. The Morgan fingerprint density at radius 2 is 2.00 bits per heavy atom. The minimum atomic E-state index is -1.08. The van der Waals surface area contributed by atoms with Crippen LogP contribution in [0.25, 0.3) is 0 Å². The molecule has 7 nitrogen and oxygen atoms in total. The number of hydrogen-bond acceptors (Lipinski definition) is 3. The first-order valence-electron chi connectivity index (χ1n) is 9.34. The lowest BCUT2D eigenvalue weighted by molar-refractivity contribution is -0.133. The number of methoxy groups -OCH3 is 1. The summed E-state index contributed by atoms with van der Waals surface area (Å²) in [5.74, 6) is -2.37. The molecule has 1 heterocycles. The third-order valence-corrected chi connectivity index (χ3v) is 4.46. The fourth-order valence-corrected chi connectivity index (χ4v) is 2.76. The minimum Gasteiger partial charge on any atom is -0.383 e. The van der Waals surface area contributed by atoms with Crippen molar-refractivity contribution in [1.29, 1.82) is 0 Å². The number of hydrogen-bond donors (Lipinski definition) is 1. The van der Waals surface area contributed by atoms with Gasteiger partial charge in [0, 0.05) is 50.9 Å². The monoisotopic (exact) mass is 420 g/mol. The van der Waals surface area contributed by atoms with Gasteiger partial charge in [0.15, 0.2) is 11.6 Å². The number of nitrogens with zero attached hydrogens (tertiary/aromatic N) is 3. The number of carbonyl (C=O) groups is 2. The zero-order valence-electron chi connectivity index (χ0n) is 17.1. The summed E-state index contributed by atoms with van der Waals surface area (Å²) in [6.07, 6.45) is 3.36. The van der Waals surface area contributed by atoms with Crippen LogP contribution in [-0.4, -0.2) is 59.7 Å². The molecule has 2 aromatic rings. The number of amides is 3. The molecule has 0 bridgehead atoms. The molecular weight excluding hydrogens is 394 g/mol. The summed E-state index contributed by atoms with van der Waals surface area (Å²) in [6.45, 7) is 4.56. The van der Waals surface area contributed by atoms with Crippen molar-refractivity contribution in [2.75, 3.05) is 38.7 Å². The number of ether oxygens (including phenoxy) is 1. The van der Waals surface area contributed by atoms with E-state index in [2.05, 4.69) is 11.9 Å². The van der Waals surface area contributed by atoms with Crippen molar-refractivity contribution >= 4 is 17.6 Å². The van der Waals surface area contributed by atoms with Gasteiger partial charge < -0.3 is 24.4 Å². The first-order chi connectivity index (χ1) is 14.3. The molecule has 1 N–H and O–H groups in total. The molecule has 0 atom stereocenters. The predicted molar refractivity (Wildman–Crippen MR) is 110 cm³/mol. The Labute approximate surface area is 174 Å². The van der Waals surface area contributed by atoms with E-state index >= 15 is 0 Å². The van der Waals surface area contributed by atoms with Gasteiger partial charge in [-0.3, -0.25) is 4.79 Å². The smallest absolute Gasteiger partial charge is 0.322 e. The topological polar surface area (TPSA) is 66.8 Å². The highest BCUT2D eigenvalue weighted by Gasteiger charge is 2.21. The average Bonchev–Trinajstić information content (AvgIpc) is 3.12. The number of halogens is 2. The number of aryl methyl sites for hydroxylation is 1. The Hall–Kier alpha value is -3.20. The van der Waals surface area contributed by atoms with Crippen LogP contribution in [0, 0.1) is 11.6 Å². The maximum absolute atomic E-state index is 13.4. The Bertz CT molecular complexity index is 885. The van der Waals surface area contributed by atoms with Gasteiger partial charge >= 0.3 is 6.03 Å². The first-order valence-corrected chi connectivity index (χ1v) is 9.34. The van der Waals surface area contributed by atoms with E-state index < -0.39 is 17.7 Å². The average molecular weight is 420 g/mol. The van der Waals surface area contributed by atoms with Gasteiger partial charge in [0.2, 0.25) is 5.91 Å². The predicted octanol–water partition coefficient (Wildman–Crippen LogP) is 3.00. The zero-order valence-corrected chi connectivity index (χ0v) is 17.1. The molecule has 0 aliphatic rings. The second-order valence-electron chi connectivity index (χ2n) is 6.65. The summed E-state index contributed by atoms with van der Waals surface area (Å²) in [4.78, 5) is 28.4. The fourth-order valence-electron chi connectivity index (χ4n) is 2.76. The van der Waals surface area contributed by atoms with Gasteiger partial charge in [-0.2, -0.15) is 0 Å². The third kappa shape index (κ3) is 6.41. The highest BCUT2D eigenvalue weighted by Crippen LogP contribution is 2.14. The molecule has 2 rings (SSSR count). The zero-order chi connectivity index (χ0) is 22.1. The number of carbonyl (C=O) groups excluding carboxylic acids is 2. The Morgan fingerprint density at radius 3 is 2.60 bits per heavy atom. The lowest BCUT2D eigenvalue weighted by Gasteiger charge is -2.27. The van der Waals surface area contributed by atoms with Crippen LogP contribution in [-0.2, 0) is 23.1 Å². The number of aromatic nitrogens is 1. The molecule has 3 amide bonds. The lowest BCUT2D eigenvalue weighted by atomic mass is 10.3. The van der Waals surface area contributed by atoms with Crippen molar-refractivity contribution in [1.82, 2.24) is 14.4 Å². The maximum Gasteiger partial charge on any atom is 0.322 e.